The Bertz CT molecular complexity index is 382. The van der Waals surface area contributed by atoms with Gasteiger partial charge in [-0.15, -0.1) is 0 Å². The van der Waals surface area contributed by atoms with E-state index in [2.05, 4.69) is 26.1 Å². The number of nitrogens with one attached hydrogen (secondary N) is 1. The molecule has 0 radical (unpaired) electrons. The first-order valence-electron chi connectivity index (χ1n) is 5.89. The first kappa shape index (κ1) is 13.0. The Balaban J connectivity index is 2.56. The molecule has 1 rings (SSSR count). The molecule has 0 aromatic carbocycles. The van der Waals surface area contributed by atoms with Gasteiger partial charge in [-0.1, -0.05) is 20.8 Å². The molecule has 1 heterocycles. The van der Waals surface area contributed by atoms with Crippen molar-refractivity contribution in [3.8, 4) is 0 Å². The fourth-order valence-corrected chi connectivity index (χ4v) is 1.59. The SMILES string of the molecule is Cc1ccn(CC(C)CNC(C)C)c(=O)c1. The van der Waals surface area contributed by atoms with Crippen LogP contribution in [0.5, 0.6) is 0 Å². The van der Waals surface area contributed by atoms with Crippen LogP contribution < -0.4 is 10.9 Å². The van der Waals surface area contributed by atoms with Gasteiger partial charge in [0.1, 0.15) is 0 Å². The highest BCUT2D eigenvalue weighted by atomic mass is 16.1. The third-order valence-electron chi connectivity index (χ3n) is 2.53. The van der Waals surface area contributed by atoms with Crippen LogP contribution >= 0.6 is 0 Å². The van der Waals surface area contributed by atoms with E-state index >= 15 is 0 Å². The molecular weight excluding hydrogens is 200 g/mol. The Labute approximate surface area is 97.5 Å². The summed E-state index contributed by atoms with van der Waals surface area (Å²) < 4.78 is 1.78. The summed E-state index contributed by atoms with van der Waals surface area (Å²) in [5.74, 6) is 0.461. The smallest absolute Gasteiger partial charge is 0.250 e. The van der Waals surface area contributed by atoms with Gasteiger partial charge in [-0.2, -0.15) is 0 Å². The van der Waals surface area contributed by atoms with E-state index in [0.29, 0.717) is 12.0 Å². The van der Waals surface area contributed by atoms with Crippen LogP contribution in [-0.2, 0) is 6.54 Å². The van der Waals surface area contributed by atoms with E-state index < -0.39 is 0 Å². The molecule has 90 valence electrons. The van der Waals surface area contributed by atoms with Gasteiger partial charge in [0.2, 0.25) is 0 Å². The second-order valence-corrected chi connectivity index (χ2v) is 4.86. The summed E-state index contributed by atoms with van der Waals surface area (Å²) in [5.41, 5.74) is 1.12. The third-order valence-corrected chi connectivity index (χ3v) is 2.53. The van der Waals surface area contributed by atoms with E-state index in [1.54, 1.807) is 10.6 Å². The van der Waals surface area contributed by atoms with Gasteiger partial charge in [0.05, 0.1) is 0 Å². The summed E-state index contributed by atoms with van der Waals surface area (Å²) in [6.45, 7) is 10.1. The standard InChI is InChI=1S/C13H22N2O/c1-10(2)14-8-12(4)9-15-6-5-11(3)7-13(15)16/h5-7,10,12,14H,8-9H2,1-4H3. The molecule has 1 N–H and O–H groups in total. The lowest BCUT2D eigenvalue weighted by atomic mass is 10.1. The summed E-state index contributed by atoms with van der Waals surface area (Å²) >= 11 is 0. The monoisotopic (exact) mass is 222 g/mol. The quantitative estimate of drug-likeness (QED) is 0.824. The van der Waals surface area contributed by atoms with E-state index in [9.17, 15) is 4.79 Å². The molecular formula is C13H22N2O. The average molecular weight is 222 g/mol. The zero-order chi connectivity index (χ0) is 12.1. The Morgan fingerprint density at radius 3 is 2.62 bits per heavy atom. The van der Waals surface area contributed by atoms with Crippen LogP contribution in [0.2, 0.25) is 0 Å². The molecule has 3 heteroatoms. The molecule has 0 aliphatic heterocycles. The summed E-state index contributed by atoms with van der Waals surface area (Å²) in [6.07, 6.45) is 1.88. The van der Waals surface area contributed by atoms with E-state index in [1.807, 2.05) is 19.2 Å². The molecule has 1 aromatic rings. The predicted octanol–water partition coefficient (Wildman–Crippen LogP) is 1.79. The second kappa shape index (κ2) is 5.85. The minimum absolute atomic E-state index is 0.0939. The number of hydrogen-bond acceptors (Lipinski definition) is 2. The zero-order valence-corrected chi connectivity index (χ0v) is 10.7. The highest BCUT2D eigenvalue weighted by Gasteiger charge is 2.05. The molecule has 0 fully saturated rings. The minimum atomic E-state index is 0.0939. The number of aryl methyl sites for hydroxylation is 1. The van der Waals surface area contributed by atoms with Crippen LogP contribution in [0.25, 0.3) is 0 Å². The van der Waals surface area contributed by atoms with E-state index in [1.165, 1.54) is 0 Å². The van der Waals surface area contributed by atoms with Gasteiger partial charge in [-0.05, 0) is 31.0 Å². The Morgan fingerprint density at radius 1 is 1.38 bits per heavy atom. The number of aromatic nitrogens is 1. The molecule has 0 bridgehead atoms. The van der Waals surface area contributed by atoms with Crippen LogP contribution in [0, 0.1) is 12.8 Å². The van der Waals surface area contributed by atoms with Crippen molar-refractivity contribution in [2.24, 2.45) is 5.92 Å². The lowest BCUT2D eigenvalue weighted by Gasteiger charge is -2.16. The van der Waals surface area contributed by atoms with Gasteiger partial charge < -0.3 is 9.88 Å². The topological polar surface area (TPSA) is 34.0 Å². The third kappa shape index (κ3) is 4.19. The first-order valence-corrected chi connectivity index (χ1v) is 5.89. The predicted molar refractivity (Wildman–Crippen MR) is 67.7 cm³/mol. The lowest BCUT2D eigenvalue weighted by molar-refractivity contribution is 0.420. The highest BCUT2D eigenvalue weighted by molar-refractivity contribution is 5.07. The summed E-state index contributed by atoms with van der Waals surface area (Å²) in [7, 11) is 0. The van der Waals surface area contributed by atoms with Crippen LogP contribution in [0.1, 0.15) is 26.3 Å². The van der Waals surface area contributed by atoms with Crippen molar-refractivity contribution < 1.29 is 0 Å². The number of rotatable bonds is 5. The van der Waals surface area contributed by atoms with Crippen LogP contribution in [0.15, 0.2) is 23.1 Å². The number of pyridine rings is 1. The molecule has 0 saturated heterocycles. The molecule has 0 amide bonds. The van der Waals surface area contributed by atoms with Gasteiger partial charge in [-0.3, -0.25) is 4.79 Å². The van der Waals surface area contributed by atoms with Gasteiger partial charge >= 0.3 is 0 Å². The lowest BCUT2D eigenvalue weighted by Crippen LogP contribution is -2.31. The maximum atomic E-state index is 11.7. The number of nitrogens with zero attached hydrogens (tertiary/aromatic N) is 1. The van der Waals surface area contributed by atoms with Crippen molar-refractivity contribution in [1.82, 2.24) is 9.88 Å². The van der Waals surface area contributed by atoms with E-state index in [0.717, 1.165) is 18.7 Å². The Kier molecular flexibility index (Phi) is 4.74. The number of hydrogen-bond donors (Lipinski definition) is 1. The molecule has 0 saturated carbocycles. The maximum Gasteiger partial charge on any atom is 0.250 e. The van der Waals surface area contributed by atoms with Gasteiger partial charge in [0.25, 0.3) is 5.56 Å². The van der Waals surface area contributed by atoms with Crippen molar-refractivity contribution >= 4 is 0 Å². The second-order valence-electron chi connectivity index (χ2n) is 4.86. The normalized spacial score (nSPS) is 13.1. The minimum Gasteiger partial charge on any atom is -0.315 e. The maximum absolute atomic E-state index is 11.7. The van der Waals surface area contributed by atoms with Crippen molar-refractivity contribution in [3.05, 3.63) is 34.2 Å². The molecule has 1 aromatic heterocycles. The van der Waals surface area contributed by atoms with Crippen LogP contribution in [0.4, 0.5) is 0 Å². The molecule has 1 atom stereocenters. The van der Waals surface area contributed by atoms with Crippen molar-refractivity contribution in [3.63, 3.8) is 0 Å². The summed E-state index contributed by atoms with van der Waals surface area (Å²) in [4.78, 5) is 11.7. The molecule has 0 aliphatic carbocycles. The van der Waals surface area contributed by atoms with Gasteiger partial charge in [-0.25, -0.2) is 0 Å². The highest BCUT2D eigenvalue weighted by Crippen LogP contribution is 1.99. The fraction of sp³-hybridized carbons (Fsp3) is 0.615. The zero-order valence-electron chi connectivity index (χ0n) is 10.7. The van der Waals surface area contributed by atoms with Crippen molar-refractivity contribution in [2.45, 2.75) is 40.3 Å². The molecule has 16 heavy (non-hydrogen) atoms. The van der Waals surface area contributed by atoms with Crippen molar-refractivity contribution in [2.75, 3.05) is 6.54 Å². The Morgan fingerprint density at radius 2 is 2.06 bits per heavy atom. The van der Waals surface area contributed by atoms with Gasteiger partial charge in [0.15, 0.2) is 0 Å². The summed E-state index contributed by atoms with van der Waals surface area (Å²) in [5, 5.41) is 3.38. The molecule has 1 unspecified atom stereocenters. The van der Waals surface area contributed by atoms with E-state index in [-0.39, 0.29) is 5.56 Å². The molecule has 0 aliphatic rings. The molecule has 0 spiro atoms. The van der Waals surface area contributed by atoms with Gasteiger partial charge in [0, 0.05) is 24.8 Å². The largest absolute Gasteiger partial charge is 0.315 e. The van der Waals surface area contributed by atoms with Crippen LogP contribution in [-0.4, -0.2) is 17.2 Å². The van der Waals surface area contributed by atoms with Crippen LogP contribution in [0.3, 0.4) is 0 Å². The van der Waals surface area contributed by atoms with Crippen molar-refractivity contribution in [1.29, 1.82) is 0 Å². The Hall–Kier alpha value is -1.09. The average Bonchev–Trinajstić information content (AvgIpc) is 2.19. The van der Waals surface area contributed by atoms with E-state index in [4.69, 9.17) is 0 Å². The first-order chi connectivity index (χ1) is 7.49. The fourth-order valence-electron chi connectivity index (χ4n) is 1.59. The summed E-state index contributed by atoms with van der Waals surface area (Å²) in [6, 6.07) is 4.16. The molecule has 3 nitrogen and oxygen atoms in total.